The van der Waals surface area contributed by atoms with Crippen LogP contribution in [-0.4, -0.2) is 0 Å². The maximum atomic E-state index is 5.73. The summed E-state index contributed by atoms with van der Waals surface area (Å²) >= 11 is 3.68. The van der Waals surface area contributed by atoms with Crippen molar-refractivity contribution in [3.8, 4) is 0 Å². The summed E-state index contributed by atoms with van der Waals surface area (Å²) in [4.78, 5) is 0. The van der Waals surface area contributed by atoms with Crippen molar-refractivity contribution in [3.63, 3.8) is 0 Å². The molecule has 3 N–H and O–H groups in total. The maximum Gasteiger partial charge on any atom is 0.0473 e. The minimum absolute atomic E-state index is 0.271. The fraction of sp³-hybridized carbons (Fsp3) is 0.571. The van der Waals surface area contributed by atoms with Crippen LogP contribution in [0.1, 0.15) is 49.3 Å². The van der Waals surface area contributed by atoms with E-state index in [0.717, 1.165) is 12.3 Å². The van der Waals surface area contributed by atoms with E-state index in [1.807, 2.05) is 0 Å². The van der Waals surface area contributed by atoms with E-state index in [4.69, 9.17) is 5.84 Å². The van der Waals surface area contributed by atoms with Crippen LogP contribution >= 0.6 is 15.9 Å². The summed E-state index contributed by atoms with van der Waals surface area (Å²) in [5, 5.41) is 0. The predicted octanol–water partition coefficient (Wildman–Crippen LogP) is 3.84. The maximum absolute atomic E-state index is 5.73. The lowest BCUT2D eigenvalue weighted by atomic mass is 9.93. The number of hydrazine groups is 1. The van der Waals surface area contributed by atoms with Gasteiger partial charge in [-0.3, -0.25) is 11.3 Å². The zero-order valence-corrected chi connectivity index (χ0v) is 12.0. The van der Waals surface area contributed by atoms with Crippen LogP contribution < -0.4 is 11.3 Å². The summed E-state index contributed by atoms with van der Waals surface area (Å²) in [6.07, 6.45) is 6.65. The minimum Gasteiger partial charge on any atom is -0.271 e. The van der Waals surface area contributed by atoms with Gasteiger partial charge in [0.05, 0.1) is 0 Å². The lowest BCUT2D eigenvalue weighted by molar-refractivity contribution is 0.399. The van der Waals surface area contributed by atoms with E-state index in [1.54, 1.807) is 0 Å². The van der Waals surface area contributed by atoms with Crippen molar-refractivity contribution >= 4 is 15.9 Å². The highest BCUT2D eigenvalue weighted by atomic mass is 79.9. The highest BCUT2D eigenvalue weighted by molar-refractivity contribution is 9.10. The summed E-state index contributed by atoms with van der Waals surface area (Å²) in [6.45, 7) is 2.12. The summed E-state index contributed by atoms with van der Waals surface area (Å²) < 4.78 is 1.20. The smallest absolute Gasteiger partial charge is 0.0473 e. The number of rotatable bonds is 4. The van der Waals surface area contributed by atoms with Crippen LogP contribution in [0.25, 0.3) is 0 Å². The summed E-state index contributed by atoms with van der Waals surface area (Å²) in [5.41, 5.74) is 5.55. The summed E-state index contributed by atoms with van der Waals surface area (Å²) in [6, 6.07) is 6.66. The van der Waals surface area contributed by atoms with E-state index in [2.05, 4.69) is 46.5 Å². The largest absolute Gasteiger partial charge is 0.271 e. The fourth-order valence-electron chi connectivity index (χ4n) is 2.80. The van der Waals surface area contributed by atoms with Gasteiger partial charge in [0.2, 0.25) is 0 Å². The van der Waals surface area contributed by atoms with Gasteiger partial charge in [-0.1, -0.05) is 59.8 Å². The van der Waals surface area contributed by atoms with Crippen molar-refractivity contribution in [2.75, 3.05) is 0 Å². The lowest BCUT2D eigenvalue weighted by Gasteiger charge is -2.22. The second-order valence-corrected chi connectivity index (χ2v) is 5.88. The molecule has 1 aliphatic carbocycles. The van der Waals surface area contributed by atoms with Gasteiger partial charge in [-0.15, -0.1) is 0 Å². The molecule has 1 atom stereocenters. The molecule has 0 bridgehead atoms. The molecule has 0 spiro atoms. The van der Waals surface area contributed by atoms with Gasteiger partial charge in [-0.05, 0) is 30.4 Å². The van der Waals surface area contributed by atoms with Crippen LogP contribution in [0, 0.1) is 12.8 Å². The number of aryl methyl sites for hydroxylation is 1. The molecule has 1 saturated carbocycles. The van der Waals surface area contributed by atoms with Gasteiger partial charge in [0, 0.05) is 10.5 Å². The highest BCUT2D eigenvalue weighted by Crippen LogP contribution is 2.35. The van der Waals surface area contributed by atoms with Gasteiger partial charge in [-0.2, -0.15) is 0 Å². The van der Waals surface area contributed by atoms with Gasteiger partial charge in [0.15, 0.2) is 0 Å². The first kappa shape index (κ1) is 13.1. The molecule has 0 amide bonds. The van der Waals surface area contributed by atoms with Gasteiger partial charge >= 0.3 is 0 Å². The number of hydrogen-bond donors (Lipinski definition) is 2. The fourth-order valence-corrected chi connectivity index (χ4v) is 3.34. The Balaban J connectivity index is 2.13. The molecule has 0 aliphatic heterocycles. The first-order valence-corrected chi connectivity index (χ1v) is 7.23. The molecular weight excluding hydrogens is 276 g/mol. The Hall–Kier alpha value is -0.380. The van der Waals surface area contributed by atoms with Crippen LogP contribution in [0.5, 0.6) is 0 Å². The van der Waals surface area contributed by atoms with Crippen LogP contribution in [0.2, 0.25) is 0 Å². The van der Waals surface area contributed by atoms with Gasteiger partial charge in [0.1, 0.15) is 0 Å². The number of halogens is 1. The molecule has 17 heavy (non-hydrogen) atoms. The predicted molar refractivity (Wildman–Crippen MR) is 75.5 cm³/mol. The molecule has 0 aromatic heterocycles. The first-order chi connectivity index (χ1) is 8.22. The Morgan fingerprint density at radius 1 is 1.41 bits per heavy atom. The zero-order valence-electron chi connectivity index (χ0n) is 10.4. The molecule has 2 nitrogen and oxygen atoms in total. The van der Waals surface area contributed by atoms with Crippen molar-refractivity contribution in [1.29, 1.82) is 0 Å². The van der Waals surface area contributed by atoms with Crippen molar-refractivity contribution < 1.29 is 0 Å². The average Bonchev–Trinajstić information content (AvgIpc) is 2.83. The molecule has 1 unspecified atom stereocenters. The molecule has 0 radical (unpaired) electrons. The monoisotopic (exact) mass is 296 g/mol. The SMILES string of the molecule is Cc1cccc(C(CC2CCCC2)NN)c1Br. The molecule has 1 fully saturated rings. The molecule has 3 heteroatoms. The van der Waals surface area contributed by atoms with E-state index < -0.39 is 0 Å². The first-order valence-electron chi connectivity index (χ1n) is 6.43. The molecule has 94 valence electrons. The molecule has 1 aliphatic rings. The van der Waals surface area contributed by atoms with E-state index >= 15 is 0 Å². The third kappa shape index (κ3) is 3.09. The average molecular weight is 297 g/mol. The number of benzene rings is 1. The second kappa shape index (κ2) is 5.98. The zero-order chi connectivity index (χ0) is 12.3. The third-order valence-electron chi connectivity index (χ3n) is 3.84. The second-order valence-electron chi connectivity index (χ2n) is 5.08. The molecule has 0 saturated heterocycles. The number of hydrogen-bond acceptors (Lipinski definition) is 2. The molecular formula is C14H21BrN2. The van der Waals surface area contributed by atoms with Crippen molar-refractivity contribution in [2.24, 2.45) is 11.8 Å². The van der Waals surface area contributed by atoms with Crippen LogP contribution in [-0.2, 0) is 0 Å². The molecule has 0 heterocycles. The minimum atomic E-state index is 0.271. The van der Waals surface area contributed by atoms with E-state index in [1.165, 1.54) is 41.3 Å². The van der Waals surface area contributed by atoms with Crippen molar-refractivity contribution in [3.05, 3.63) is 33.8 Å². The molecule has 1 aromatic carbocycles. The lowest BCUT2D eigenvalue weighted by Crippen LogP contribution is -2.29. The van der Waals surface area contributed by atoms with Crippen molar-refractivity contribution in [1.82, 2.24) is 5.43 Å². The van der Waals surface area contributed by atoms with E-state index in [-0.39, 0.29) is 6.04 Å². The van der Waals surface area contributed by atoms with Gasteiger partial charge in [0.25, 0.3) is 0 Å². The molecule has 2 rings (SSSR count). The molecule has 1 aromatic rings. The number of nitrogens with two attached hydrogens (primary N) is 1. The Labute approximate surface area is 112 Å². The number of nitrogens with one attached hydrogen (secondary N) is 1. The Kier molecular flexibility index (Phi) is 4.60. The van der Waals surface area contributed by atoms with E-state index in [0.29, 0.717) is 0 Å². The van der Waals surface area contributed by atoms with Crippen LogP contribution in [0.15, 0.2) is 22.7 Å². The standard InChI is InChI=1S/C14H21BrN2/c1-10-5-4-8-12(14(10)15)13(17-16)9-11-6-2-3-7-11/h4-5,8,11,13,17H,2-3,6-7,9,16H2,1H3. The topological polar surface area (TPSA) is 38.0 Å². The van der Waals surface area contributed by atoms with Crippen molar-refractivity contribution in [2.45, 2.75) is 45.1 Å². The highest BCUT2D eigenvalue weighted by Gasteiger charge is 2.22. The third-order valence-corrected chi connectivity index (χ3v) is 4.93. The summed E-state index contributed by atoms with van der Waals surface area (Å²) in [5.74, 6) is 6.57. The van der Waals surface area contributed by atoms with Gasteiger partial charge < -0.3 is 0 Å². The summed E-state index contributed by atoms with van der Waals surface area (Å²) in [7, 11) is 0. The van der Waals surface area contributed by atoms with E-state index in [9.17, 15) is 0 Å². The Morgan fingerprint density at radius 3 is 2.76 bits per heavy atom. The van der Waals surface area contributed by atoms with Gasteiger partial charge in [-0.25, -0.2) is 0 Å². The normalized spacial score (nSPS) is 18.5. The Bertz CT molecular complexity index is 372. The van der Waals surface area contributed by atoms with Crippen LogP contribution in [0.3, 0.4) is 0 Å². The Morgan fingerprint density at radius 2 is 2.12 bits per heavy atom. The van der Waals surface area contributed by atoms with Crippen LogP contribution in [0.4, 0.5) is 0 Å². The quantitative estimate of drug-likeness (QED) is 0.654.